The van der Waals surface area contributed by atoms with E-state index >= 15 is 0 Å². The quantitative estimate of drug-likeness (QED) is 0.505. The predicted molar refractivity (Wildman–Crippen MR) is 124 cm³/mol. The SMILES string of the molecule is C=C(O)/C(C)=C/CN(C)C(=O)C(NC(=O)C1CCCN(C)N1C)C(C)(C)C.CCC. The molecule has 7 nitrogen and oxygen atoms in total. The summed E-state index contributed by atoms with van der Waals surface area (Å²) in [6.07, 6.45) is 4.71. The summed E-state index contributed by atoms with van der Waals surface area (Å²) in [5.41, 5.74) is 0.192. The minimum absolute atomic E-state index is 0.0130. The fraction of sp³-hybridized carbons (Fsp3) is 0.739. The number of hydrogen-bond donors (Lipinski definition) is 2. The van der Waals surface area contributed by atoms with Crippen LogP contribution in [0.25, 0.3) is 0 Å². The van der Waals surface area contributed by atoms with Crippen LogP contribution in [0.2, 0.25) is 0 Å². The van der Waals surface area contributed by atoms with Gasteiger partial charge in [0.25, 0.3) is 0 Å². The number of hydrogen-bond acceptors (Lipinski definition) is 5. The Bertz CT molecular complexity index is 610. The molecule has 1 rings (SSSR count). The van der Waals surface area contributed by atoms with E-state index in [0.717, 1.165) is 19.4 Å². The van der Waals surface area contributed by atoms with Gasteiger partial charge in [-0.25, -0.2) is 10.0 Å². The second kappa shape index (κ2) is 12.7. The largest absolute Gasteiger partial charge is 0.508 e. The Hall–Kier alpha value is -1.86. The van der Waals surface area contributed by atoms with E-state index in [1.54, 1.807) is 24.9 Å². The first-order valence-corrected chi connectivity index (χ1v) is 10.8. The topological polar surface area (TPSA) is 76.1 Å². The maximum atomic E-state index is 13.0. The van der Waals surface area contributed by atoms with Crippen molar-refractivity contribution in [2.75, 3.05) is 34.2 Å². The van der Waals surface area contributed by atoms with E-state index in [-0.39, 0.29) is 23.6 Å². The number of nitrogens with one attached hydrogen (secondary N) is 1. The van der Waals surface area contributed by atoms with Gasteiger partial charge in [-0.3, -0.25) is 9.59 Å². The second-order valence-electron chi connectivity index (χ2n) is 9.18. The molecule has 1 saturated heterocycles. The number of amides is 2. The monoisotopic (exact) mass is 424 g/mol. The summed E-state index contributed by atoms with van der Waals surface area (Å²) in [7, 11) is 5.56. The molecule has 1 heterocycles. The standard InChI is InChI=1S/C20H36N4O3.C3H8/c1-14(15(2)25)11-13-22(6)19(27)17(20(3,4)5)21-18(26)16-10-9-12-23(7)24(16)8;1-3-2/h11,16-17,25H,2,9-10,12-13H2,1,3-8H3,(H,21,26);3H2,1-2H3/b14-11+;. The van der Waals surface area contributed by atoms with Crippen molar-refractivity contribution < 1.29 is 14.7 Å². The first-order chi connectivity index (χ1) is 13.8. The highest BCUT2D eigenvalue weighted by Gasteiger charge is 2.37. The van der Waals surface area contributed by atoms with Crippen molar-refractivity contribution in [1.29, 1.82) is 0 Å². The van der Waals surface area contributed by atoms with Gasteiger partial charge in [0, 0.05) is 34.2 Å². The molecule has 2 amide bonds. The summed E-state index contributed by atoms with van der Waals surface area (Å²) in [6, 6.07) is -0.909. The average molecular weight is 425 g/mol. The fourth-order valence-corrected chi connectivity index (χ4v) is 2.99. The lowest BCUT2D eigenvalue weighted by atomic mass is 9.85. The number of carbonyl (C=O) groups is 2. The molecule has 0 aromatic carbocycles. The van der Waals surface area contributed by atoms with Crippen LogP contribution < -0.4 is 5.32 Å². The molecule has 30 heavy (non-hydrogen) atoms. The van der Waals surface area contributed by atoms with Gasteiger partial charge < -0.3 is 15.3 Å². The maximum Gasteiger partial charge on any atom is 0.245 e. The Labute approximate surface area is 183 Å². The van der Waals surface area contributed by atoms with E-state index in [9.17, 15) is 14.7 Å². The fourth-order valence-electron chi connectivity index (χ4n) is 2.99. The molecular formula is C23H44N4O3. The molecule has 0 aromatic rings. The van der Waals surface area contributed by atoms with E-state index in [4.69, 9.17) is 0 Å². The van der Waals surface area contributed by atoms with Crippen LogP contribution in [-0.2, 0) is 9.59 Å². The number of aliphatic hydroxyl groups excluding tert-OH is 1. The Balaban J connectivity index is 0.00000263. The lowest BCUT2D eigenvalue weighted by Crippen LogP contribution is -2.60. The molecule has 0 radical (unpaired) electrons. The number of rotatable bonds is 6. The average Bonchev–Trinajstić information content (AvgIpc) is 2.64. The third kappa shape index (κ3) is 8.88. The first-order valence-electron chi connectivity index (χ1n) is 10.8. The van der Waals surface area contributed by atoms with E-state index in [1.807, 2.05) is 44.9 Å². The van der Waals surface area contributed by atoms with Crippen molar-refractivity contribution in [3.05, 3.63) is 24.0 Å². The minimum Gasteiger partial charge on any atom is -0.508 e. The third-order valence-corrected chi connectivity index (χ3v) is 5.15. The molecule has 1 fully saturated rings. The van der Waals surface area contributed by atoms with E-state index < -0.39 is 11.5 Å². The maximum absolute atomic E-state index is 13.0. The lowest BCUT2D eigenvalue weighted by Gasteiger charge is -2.40. The second-order valence-corrected chi connectivity index (χ2v) is 9.18. The Kier molecular flexibility index (Phi) is 12.0. The molecule has 1 aliphatic rings. The van der Waals surface area contributed by atoms with Crippen LogP contribution in [0.5, 0.6) is 0 Å². The Morgan fingerprint density at radius 3 is 2.30 bits per heavy atom. The van der Waals surface area contributed by atoms with Gasteiger partial charge in [0.1, 0.15) is 17.8 Å². The van der Waals surface area contributed by atoms with Gasteiger partial charge in [-0.05, 0) is 30.8 Å². The highest BCUT2D eigenvalue weighted by atomic mass is 16.3. The number of carbonyl (C=O) groups excluding carboxylic acids is 2. The summed E-state index contributed by atoms with van der Waals surface area (Å²) in [6.45, 7) is 16.5. The molecule has 2 atom stereocenters. The van der Waals surface area contributed by atoms with Crippen LogP contribution >= 0.6 is 0 Å². The van der Waals surface area contributed by atoms with Crippen LogP contribution in [0.1, 0.15) is 60.8 Å². The van der Waals surface area contributed by atoms with Gasteiger partial charge in [0.15, 0.2) is 0 Å². The predicted octanol–water partition coefficient (Wildman–Crippen LogP) is 3.35. The molecule has 0 spiro atoms. The normalized spacial score (nSPS) is 19.4. The molecular weight excluding hydrogens is 380 g/mol. The van der Waals surface area contributed by atoms with Crippen LogP contribution in [0.15, 0.2) is 24.0 Å². The van der Waals surface area contributed by atoms with Crippen LogP contribution in [0, 0.1) is 5.41 Å². The molecule has 174 valence electrons. The number of allylic oxidation sites excluding steroid dienone is 1. The molecule has 0 bridgehead atoms. The van der Waals surface area contributed by atoms with Crippen molar-refractivity contribution in [2.24, 2.45) is 5.41 Å². The highest BCUT2D eigenvalue weighted by molar-refractivity contribution is 5.90. The molecule has 0 aromatic heterocycles. The number of nitrogens with zero attached hydrogens (tertiary/aromatic N) is 3. The first kappa shape index (κ1) is 28.1. The van der Waals surface area contributed by atoms with Crippen molar-refractivity contribution >= 4 is 11.8 Å². The van der Waals surface area contributed by atoms with Crippen LogP contribution in [0.4, 0.5) is 0 Å². The van der Waals surface area contributed by atoms with Crippen LogP contribution in [0.3, 0.4) is 0 Å². The van der Waals surface area contributed by atoms with Gasteiger partial charge >= 0.3 is 0 Å². The van der Waals surface area contributed by atoms with E-state index in [0.29, 0.717) is 12.1 Å². The molecule has 0 saturated carbocycles. The smallest absolute Gasteiger partial charge is 0.245 e. The highest BCUT2D eigenvalue weighted by Crippen LogP contribution is 2.23. The van der Waals surface area contributed by atoms with Gasteiger partial charge in [0.2, 0.25) is 11.8 Å². The number of hydrazine groups is 1. The van der Waals surface area contributed by atoms with Crippen molar-refractivity contribution in [1.82, 2.24) is 20.2 Å². The van der Waals surface area contributed by atoms with Crippen molar-refractivity contribution in [3.8, 4) is 0 Å². The number of likely N-dealkylation sites (N-methyl/N-ethyl adjacent to an activating group) is 2. The van der Waals surface area contributed by atoms with E-state index in [1.165, 1.54) is 6.42 Å². The Morgan fingerprint density at radius 2 is 1.83 bits per heavy atom. The Morgan fingerprint density at radius 1 is 1.30 bits per heavy atom. The molecule has 2 unspecified atom stereocenters. The zero-order chi connectivity index (χ0) is 23.6. The van der Waals surface area contributed by atoms with E-state index in [2.05, 4.69) is 25.7 Å². The third-order valence-electron chi connectivity index (χ3n) is 5.15. The molecule has 1 aliphatic heterocycles. The number of aliphatic hydroxyl groups is 1. The van der Waals surface area contributed by atoms with Crippen molar-refractivity contribution in [2.45, 2.75) is 72.9 Å². The lowest BCUT2D eigenvalue weighted by molar-refractivity contribution is -0.144. The minimum atomic E-state index is -0.637. The summed E-state index contributed by atoms with van der Waals surface area (Å²) in [5, 5.41) is 16.3. The molecule has 0 aliphatic carbocycles. The van der Waals surface area contributed by atoms with Gasteiger partial charge in [-0.1, -0.05) is 53.7 Å². The summed E-state index contributed by atoms with van der Waals surface area (Å²) in [4.78, 5) is 27.5. The summed E-state index contributed by atoms with van der Waals surface area (Å²) >= 11 is 0. The molecule has 7 heteroatoms. The van der Waals surface area contributed by atoms with Gasteiger partial charge in [-0.2, -0.15) is 0 Å². The van der Waals surface area contributed by atoms with Gasteiger partial charge in [-0.15, -0.1) is 0 Å². The van der Waals surface area contributed by atoms with Gasteiger partial charge in [0.05, 0.1) is 0 Å². The molecule has 2 N–H and O–H groups in total. The summed E-state index contributed by atoms with van der Waals surface area (Å²) in [5.74, 6) is -0.294. The zero-order valence-corrected chi connectivity index (χ0v) is 20.6. The van der Waals surface area contributed by atoms with Crippen LogP contribution in [-0.4, -0.2) is 78.2 Å². The summed E-state index contributed by atoms with van der Waals surface area (Å²) < 4.78 is 0. The van der Waals surface area contributed by atoms with Crippen molar-refractivity contribution in [3.63, 3.8) is 0 Å². The zero-order valence-electron chi connectivity index (χ0n) is 20.6.